The van der Waals surface area contributed by atoms with Gasteiger partial charge in [-0.15, -0.1) is 34.2 Å². The number of hydrogen-bond acceptors (Lipinski definition) is 4. The van der Waals surface area contributed by atoms with E-state index in [9.17, 15) is 0 Å². The molecule has 3 aromatic rings. The zero-order valence-corrected chi connectivity index (χ0v) is 22.2. The number of halogens is 1. The quantitative estimate of drug-likeness (QED) is 0.215. The van der Waals surface area contributed by atoms with Gasteiger partial charge in [0.25, 0.3) is 0 Å². The Hall–Kier alpha value is -2.62. The van der Waals surface area contributed by atoms with Crippen LogP contribution in [-0.4, -0.2) is 33.9 Å². The molecule has 3 rings (SSSR count). The number of benzene rings is 2. The molecular formula is C25H35IN6O. The van der Waals surface area contributed by atoms with Gasteiger partial charge in [-0.3, -0.25) is 0 Å². The Bertz CT molecular complexity index is 1010. The molecule has 178 valence electrons. The second kappa shape index (κ2) is 13.8. The fourth-order valence-electron chi connectivity index (χ4n) is 3.26. The van der Waals surface area contributed by atoms with Crippen molar-refractivity contribution in [2.75, 3.05) is 13.2 Å². The first-order valence-corrected chi connectivity index (χ1v) is 11.2. The predicted molar refractivity (Wildman–Crippen MR) is 144 cm³/mol. The highest BCUT2D eigenvalue weighted by molar-refractivity contribution is 14.0. The van der Waals surface area contributed by atoms with Gasteiger partial charge in [0.05, 0.1) is 12.6 Å². The van der Waals surface area contributed by atoms with E-state index in [0.29, 0.717) is 6.54 Å². The minimum absolute atomic E-state index is 0. The van der Waals surface area contributed by atoms with Crippen LogP contribution in [0.2, 0.25) is 0 Å². The molecule has 1 heterocycles. The zero-order valence-electron chi connectivity index (χ0n) is 19.9. The van der Waals surface area contributed by atoms with Gasteiger partial charge in [0, 0.05) is 13.6 Å². The molecule has 8 heteroatoms. The Morgan fingerprint density at radius 2 is 1.91 bits per heavy atom. The highest BCUT2D eigenvalue weighted by atomic mass is 127. The Morgan fingerprint density at radius 3 is 2.61 bits per heavy atom. The maximum absolute atomic E-state index is 5.75. The number of nitrogens with zero attached hydrogens (tertiary/aromatic N) is 4. The second-order valence-electron chi connectivity index (χ2n) is 7.84. The van der Waals surface area contributed by atoms with Crippen LogP contribution in [0.5, 0.6) is 5.75 Å². The minimum atomic E-state index is 0. The van der Waals surface area contributed by atoms with E-state index in [0.717, 1.165) is 49.4 Å². The molecule has 0 spiro atoms. The number of hydrogen-bond donors (Lipinski definition) is 2. The average molecular weight is 563 g/mol. The van der Waals surface area contributed by atoms with Gasteiger partial charge in [0.2, 0.25) is 0 Å². The van der Waals surface area contributed by atoms with Gasteiger partial charge in [-0.05, 0) is 49.9 Å². The maximum Gasteiger partial charge on any atom is 0.192 e. The number of aliphatic imine (C=N–C) groups is 1. The van der Waals surface area contributed by atoms with Crippen LogP contribution in [0.25, 0.3) is 0 Å². The number of ether oxygens (including phenoxy) is 1. The van der Waals surface area contributed by atoms with Gasteiger partial charge < -0.3 is 19.9 Å². The van der Waals surface area contributed by atoms with Crippen molar-refractivity contribution in [2.24, 2.45) is 12.0 Å². The topological polar surface area (TPSA) is 76.4 Å². The maximum atomic E-state index is 5.75. The van der Waals surface area contributed by atoms with Crippen LogP contribution in [0.3, 0.4) is 0 Å². The molecule has 1 atom stereocenters. The number of guanidine groups is 1. The van der Waals surface area contributed by atoms with Crippen LogP contribution in [0, 0.1) is 6.92 Å². The number of rotatable bonds is 10. The molecular weight excluding hydrogens is 527 g/mol. The van der Waals surface area contributed by atoms with E-state index in [1.807, 2.05) is 48.9 Å². The Balaban J connectivity index is 0.00000385. The largest absolute Gasteiger partial charge is 0.494 e. The summed E-state index contributed by atoms with van der Waals surface area (Å²) in [5.41, 5.74) is 2.43. The number of nitrogens with one attached hydrogen (secondary N) is 2. The Labute approximate surface area is 214 Å². The smallest absolute Gasteiger partial charge is 0.192 e. The molecule has 0 amide bonds. The number of aromatic nitrogens is 3. The molecule has 0 aliphatic carbocycles. The van der Waals surface area contributed by atoms with Gasteiger partial charge in [-0.25, -0.2) is 4.99 Å². The van der Waals surface area contributed by atoms with E-state index in [1.165, 1.54) is 11.1 Å². The molecule has 0 aliphatic rings. The summed E-state index contributed by atoms with van der Waals surface area (Å²) in [6.07, 6.45) is 1.87. The molecule has 0 radical (unpaired) electrons. The van der Waals surface area contributed by atoms with E-state index >= 15 is 0 Å². The van der Waals surface area contributed by atoms with Gasteiger partial charge in [-0.1, -0.05) is 49.4 Å². The van der Waals surface area contributed by atoms with Gasteiger partial charge in [0.15, 0.2) is 11.8 Å². The third kappa shape index (κ3) is 8.34. The van der Waals surface area contributed by atoms with Crippen molar-refractivity contribution in [1.29, 1.82) is 0 Å². The third-order valence-corrected chi connectivity index (χ3v) is 5.29. The highest BCUT2D eigenvalue weighted by Gasteiger charge is 2.10. The van der Waals surface area contributed by atoms with Crippen molar-refractivity contribution in [3.05, 3.63) is 77.4 Å². The van der Waals surface area contributed by atoms with Crippen molar-refractivity contribution < 1.29 is 4.74 Å². The summed E-state index contributed by atoms with van der Waals surface area (Å²) in [6.45, 7) is 8.12. The molecule has 1 unspecified atom stereocenters. The Kier molecular flexibility index (Phi) is 11.2. The van der Waals surface area contributed by atoms with Gasteiger partial charge in [-0.2, -0.15) is 0 Å². The first kappa shape index (κ1) is 26.6. The summed E-state index contributed by atoms with van der Waals surface area (Å²) in [6, 6.07) is 18.8. The standard InChI is InChI=1S/C25H34N6O.HI/c1-5-16-32-23-13-9-10-21(17-23)14-15-26-25(27-18-24-30-29-20(3)31(24)4)28-19(2)22-11-7-6-8-12-22;/h6-13,17,19H,5,14-16,18H2,1-4H3,(H2,26,27,28);1H. The molecule has 0 aliphatic heterocycles. The molecule has 0 fully saturated rings. The minimum Gasteiger partial charge on any atom is -0.494 e. The van der Waals surface area contributed by atoms with E-state index < -0.39 is 0 Å². The van der Waals surface area contributed by atoms with E-state index in [-0.39, 0.29) is 30.0 Å². The Morgan fingerprint density at radius 1 is 1.12 bits per heavy atom. The summed E-state index contributed by atoms with van der Waals surface area (Å²) in [5, 5.41) is 15.3. The molecule has 33 heavy (non-hydrogen) atoms. The van der Waals surface area contributed by atoms with Crippen molar-refractivity contribution in [3.63, 3.8) is 0 Å². The summed E-state index contributed by atoms with van der Waals surface area (Å²) < 4.78 is 7.72. The molecule has 7 nitrogen and oxygen atoms in total. The fraction of sp³-hybridized carbons (Fsp3) is 0.400. The van der Waals surface area contributed by atoms with E-state index in [1.54, 1.807) is 0 Å². The van der Waals surface area contributed by atoms with Crippen molar-refractivity contribution in [1.82, 2.24) is 25.4 Å². The first-order chi connectivity index (χ1) is 15.6. The van der Waals surface area contributed by atoms with Crippen LogP contribution in [0.4, 0.5) is 0 Å². The molecule has 0 bridgehead atoms. The lowest BCUT2D eigenvalue weighted by Gasteiger charge is -2.19. The SMILES string of the molecule is CCCOc1cccc(CCNC(=NCc2nnc(C)n2C)NC(C)c2ccccc2)c1.I. The highest BCUT2D eigenvalue weighted by Crippen LogP contribution is 2.14. The molecule has 0 saturated heterocycles. The zero-order chi connectivity index (χ0) is 22.8. The third-order valence-electron chi connectivity index (χ3n) is 5.29. The second-order valence-corrected chi connectivity index (χ2v) is 7.84. The monoisotopic (exact) mass is 562 g/mol. The molecule has 0 saturated carbocycles. The molecule has 2 aromatic carbocycles. The molecule has 2 N–H and O–H groups in total. The van der Waals surface area contributed by atoms with Crippen LogP contribution < -0.4 is 15.4 Å². The normalized spacial score (nSPS) is 12.1. The van der Waals surface area contributed by atoms with Gasteiger partial charge >= 0.3 is 0 Å². The number of aryl methyl sites for hydroxylation is 1. The summed E-state index contributed by atoms with van der Waals surface area (Å²) >= 11 is 0. The van der Waals surface area contributed by atoms with Crippen molar-refractivity contribution in [3.8, 4) is 5.75 Å². The average Bonchev–Trinajstić information content (AvgIpc) is 3.14. The lowest BCUT2D eigenvalue weighted by molar-refractivity contribution is 0.317. The van der Waals surface area contributed by atoms with Crippen LogP contribution in [-0.2, 0) is 20.0 Å². The van der Waals surface area contributed by atoms with E-state index in [4.69, 9.17) is 9.73 Å². The lowest BCUT2D eigenvalue weighted by atomic mass is 10.1. The fourth-order valence-corrected chi connectivity index (χ4v) is 3.26. The molecule has 1 aromatic heterocycles. The van der Waals surface area contributed by atoms with Crippen molar-refractivity contribution in [2.45, 2.75) is 46.2 Å². The summed E-state index contributed by atoms with van der Waals surface area (Å²) in [5.74, 6) is 3.38. The van der Waals surface area contributed by atoms with Crippen LogP contribution in [0.15, 0.2) is 59.6 Å². The predicted octanol–water partition coefficient (Wildman–Crippen LogP) is 4.57. The summed E-state index contributed by atoms with van der Waals surface area (Å²) in [4.78, 5) is 4.77. The summed E-state index contributed by atoms with van der Waals surface area (Å²) in [7, 11) is 1.96. The van der Waals surface area contributed by atoms with Gasteiger partial charge in [0.1, 0.15) is 18.1 Å². The lowest BCUT2D eigenvalue weighted by Crippen LogP contribution is -2.39. The first-order valence-electron chi connectivity index (χ1n) is 11.2. The van der Waals surface area contributed by atoms with Crippen molar-refractivity contribution >= 4 is 29.9 Å². The van der Waals surface area contributed by atoms with E-state index in [2.05, 4.69) is 58.9 Å². The van der Waals surface area contributed by atoms with Crippen LogP contribution >= 0.6 is 24.0 Å². The van der Waals surface area contributed by atoms with Crippen LogP contribution in [0.1, 0.15) is 49.1 Å².